The highest BCUT2D eigenvalue weighted by molar-refractivity contribution is 7.89. The zero-order valence-corrected chi connectivity index (χ0v) is 13.3. The van der Waals surface area contributed by atoms with Crippen LogP contribution in [0.3, 0.4) is 0 Å². The molecule has 1 saturated heterocycles. The van der Waals surface area contributed by atoms with Crippen molar-refractivity contribution in [3.8, 4) is 0 Å². The Morgan fingerprint density at radius 3 is 2.67 bits per heavy atom. The molecule has 0 aliphatic carbocycles. The number of hydrogen-bond acceptors (Lipinski definition) is 4. The van der Waals surface area contributed by atoms with Gasteiger partial charge in [0.2, 0.25) is 10.0 Å². The van der Waals surface area contributed by atoms with Gasteiger partial charge in [0.05, 0.1) is 11.5 Å². The molecule has 0 aromatic heterocycles. The van der Waals surface area contributed by atoms with Crippen LogP contribution in [0.5, 0.6) is 0 Å². The molecule has 0 spiro atoms. The maximum absolute atomic E-state index is 12.6. The molecule has 6 heteroatoms. The van der Waals surface area contributed by atoms with Crippen molar-refractivity contribution in [2.45, 2.75) is 44.2 Å². The maximum Gasteiger partial charge on any atom is 0.241 e. The van der Waals surface area contributed by atoms with Crippen LogP contribution in [0.25, 0.3) is 0 Å². The highest BCUT2D eigenvalue weighted by Crippen LogP contribution is 2.23. The molecular weight excluding hydrogens is 290 g/mol. The van der Waals surface area contributed by atoms with E-state index in [9.17, 15) is 13.5 Å². The Kier molecular flexibility index (Phi) is 5.37. The maximum atomic E-state index is 12.6. The highest BCUT2D eigenvalue weighted by atomic mass is 32.2. The van der Waals surface area contributed by atoms with Gasteiger partial charge in [-0.15, -0.1) is 0 Å². The van der Waals surface area contributed by atoms with E-state index in [1.54, 1.807) is 25.1 Å². The molecule has 1 aliphatic heterocycles. The predicted octanol–water partition coefficient (Wildman–Crippen LogP) is 1.58. The molecule has 118 valence electrons. The fourth-order valence-corrected chi connectivity index (χ4v) is 4.34. The molecule has 1 unspecified atom stereocenters. The first-order valence-corrected chi connectivity index (χ1v) is 8.73. The van der Waals surface area contributed by atoms with Gasteiger partial charge in [-0.1, -0.05) is 12.1 Å². The van der Waals surface area contributed by atoms with Gasteiger partial charge in [0.25, 0.3) is 0 Å². The van der Waals surface area contributed by atoms with Gasteiger partial charge in [0.1, 0.15) is 0 Å². The summed E-state index contributed by atoms with van der Waals surface area (Å²) >= 11 is 0. The number of aliphatic hydroxyl groups excluding tert-OH is 1. The lowest BCUT2D eigenvalue weighted by atomic mass is 9.94. The monoisotopic (exact) mass is 313 g/mol. The van der Waals surface area contributed by atoms with Crippen molar-refractivity contribution in [2.75, 3.05) is 13.2 Å². The van der Waals surface area contributed by atoms with Crippen molar-refractivity contribution in [1.29, 1.82) is 0 Å². The van der Waals surface area contributed by atoms with Crippen LogP contribution in [-0.2, 0) is 21.4 Å². The Labute approximate surface area is 126 Å². The van der Waals surface area contributed by atoms with Crippen LogP contribution < -0.4 is 4.72 Å². The second kappa shape index (κ2) is 6.87. The first-order chi connectivity index (χ1) is 9.95. The molecule has 5 nitrogen and oxygen atoms in total. The standard InChI is InChI=1S/C15H23NO4S/c1-11-14(10-17)4-3-5-15(11)21(18,19)16-12(2)13-6-8-20-9-7-13/h3-5,12-13,16-17H,6-10H2,1-2H3. The van der Waals surface area contributed by atoms with E-state index in [1.165, 1.54) is 0 Å². The average molecular weight is 313 g/mol. The highest BCUT2D eigenvalue weighted by Gasteiger charge is 2.26. The Morgan fingerprint density at radius 2 is 2.05 bits per heavy atom. The summed E-state index contributed by atoms with van der Waals surface area (Å²) in [6, 6.07) is 4.84. The minimum atomic E-state index is -3.57. The van der Waals surface area contributed by atoms with Crippen LogP contribution in [0.4, 0.5) is 0 Å². The molecule has 1 atom stereocenters. The fourth-order valence-electron chi connectivity index (χ4n) is 2.74. The zero-order valence-electron chi connectivity index (χ0n) is 12.5. The summed E-state index contributed by atoms with van der Waals surface area (Å²) in [5, 5.41) is 9.27. The molecular formula is C15H23NO4S. The van der Waals surface area contributed by atoms with Crippen LogP contribution in [0.1, 0.15) is 30.9 Å². The number of rotatable bonds is 5. The molecule has 0 amide bonds. The third-order valence-electron chi connectivity index (χ3n) is 4.17. The quantitative estimate of drug-likeness (QED) is 0.865. The molecule has 1 aromatic carbocycles. The Balaban J connectivity index is 2.18. The van der Waals surface area contributed by atoms with E-state index >= 15 is 0 Å². The van der Waals surface area contributed by atoms with E-state index in [-0.39, 0.29) is 17.5 Å². The predicted molar refractivity (Wildman–Crippen MR) is 80.4 cm³/mol. The van der Waals surface area contributed by atoms with Gasteiger partial charge in [0, 0.05) is 19.3 Å². The molecule has 2 rings (SSSR count). The van der Waals surface area contributed by atoms with Crippen molar-refractivity contribution in [3.63, 3.8) is 0 Å². The van der Waals surface area contributed by atoms with Gasteiger partial charge in [-0.25, -0.2) is 13.1 Å². The molecule has 21 heavy (non-hydrogen) atoms. The minimum absolute atomic E-state index is 0.129. The number of nitrogens with one attached hydrogen (secondary N) is 1. The van der Waals surface area contributed by atoms with Crippen molar-refractivity contribution < 1.29 is 18.3 Å². The molecule has 2 N–H and O–H groups in total. The summed E-state index contributed by atoms with van der Waals surface area (Å²) in [6.45, 7) is 4.84. The Morgan fingerprint density at radius 1 is 1.38 bits per heavy atom. The van der Waals surface area contributed by atoms with Crippen molar-refractivity contribution >= 4 is 10.0 Å². The third kappa shape index (κ3) is 3.83. The summed E-state index contributed by atoms with van der Waals surface area (Å²) in [5.41, 5.74) is 1.24. The van der Waals surface area contributed by atoms with Crippen molar-refractivity contribution in [2.24, 2.45) is 5.92 Å². The fraction of sp³-hybridized carbons (Fsp3) is 0.600. The molecule has 1 heterocycles. The molecule has 1 fully saturated rings. The normalized spacial score (nSPS) is 18.6. The summed E-state index contributed by atoms with van der Waals surface area (Å²) in [7, 11) is -3.57. The SMILES string of the molecule is Cc1c(CO)cccc1S(=O)(=O)NC(C)C1CCOCC1. The minimum Gasteiger partial charge on any atom is -0.392 e. The summed E-state index contributed by atoms with van der Waals surface area (Å²) < 4.78 is 33.2. The van der Waals surface area contributed by atoms with Crippen LogP contribution in [0.2, 0.25) is 0 Å². The molecule has 1 aliphatic rings. The third-order valence-corrected chi connectivity index (χ3v) is 5.87. The second-order valence-electron chi connectivity index (χ2n) is 5.56. The first-order valence-electron chi connectivity index (χ1n) is 7.25. The van der Waals surface area contributed by atoms with Crippen LogP contribution in [-0.4, -0.2) is 32.8 Å². The number of aliphatic hydroxyl groups is 1. The number of ether oxygens (including phenoxy) is 1. The van der Waals surface area contributed by atoms with Gasteiger partial charge < -0.3 is 9.84 Å². The van der Waals surface area contributed by atoms with Gasteiger partial charge in [-0.2, -0.15) is 0 Å². The largest absolute Gasteiger partial charge is 0.392 e. The number of benzene rings is 1. The van der Waals surface area contributed by atoms with E-state index in [0.717, 1.165) is 12.8 Å². The van der Waals surface area contributed by atoms with E-state index in [4.69, 9.17) is 4.74 Å². The molecule has 0 radical (unpaired) electrons. The second-order valence-corrected chi connectivity index (χ2v) is 7.24. The van der Waals surface area contributed by atoms with Gasteiger partial charge >= 0.3 is 0 Å². The van der Waals surface area contributed by atoms with Crippen molar-refractivity contribution in [3.05, 3.63) is 29.3 Å². The lowest BCUT2D eigenvalue weighted by molar-refractivity contribution is 0.0585. The van der Waals surface area contributed by atoms with Crippen molar-refractivity contribution in [1.82, 2.24) is 4.72 Å². The van der Waals surface area contributed by atoms with Crippen LogP contribution >= 0.6 is 0 Å². The number of sulfonamides is 1. The van der Waals surface area contributed by atoms with Crippen LogP contribution in [0, 0.1) is 12.8 Å². The topological polar surface area (TPSA) is 75.6 Å². The Hall–Kier alpha value is -0.950. The summed E-state index contributed by atoms with van der Waals surface area (Å²) in [4.78, 5) is 0.243. The molecule has 0 bridgehead atoms. The zero-order chi connectivity index (χ0) is 15.5. The van der Waals surface area contributed by atoms with E-state index < -0.39 is 10.0 Å². The average Bonchev–Trinajstić information content (AvgIpc) is 2.47. The van der Waals surface area contributed by atoms with E-state index in [1.807, 2.05) is 6.92 Å². The van der Waals surface area contributed by atoms with E-state index in [2.05, 4.69) is 4.72 Å². The lowest BCUT2D eigenvalue weighted by Crippen LogP contribution is -2.40. The lowest BCUT2D eigenvalue weighted by Gasteiger charge is -2.28. The molecule has 0 saturated carbocycles. The molecule has 1 aromatic rings. The van der Waals surface area contributed by atoms with Gasteiger partial charge in [-0.3, -0.25) is 0 Å². The smallest absolute Gasteiger partial charge is 0.241 e. The van der Waals surface area contributed by atoms with Crippen LogP contribution in [0.15, 0.2) is 23.1 Å². The number of hydrogen-bond donors (Lipinski definition) is 2. The first kappa shape index (κ1) is 16.4. The van der Waals surface area contributed by atoms with Gasteiger partial charge in [-0.05, 0) is 49.8 Å². The summed E-state index contributed by atoms with van der Waals surface area (Å²) in [5.74, 6) is 0.301. The van der Waals surface area contributed by atoms with Gasteiger partial charge in [0.15, 0.2) is 0 Å². The summed E-state index contributed by atoms with van der Waals surface area (Å²) in [6.07, 6.45) is 1.75. The van der Waals surface area contributed by atoms with E-state index in [0.29, 0.717) is 30.3 Å². The Bertz CT molecular complexity index is 579.